The molecular weight excluding hydrogens is 280 g/mol. The van der Waals surface area contributed by atoms with E-state index in [0.717, 1.165) is 22.9 Å². The maximum Gasteiger partial charge on any atom is 0.307 e. The van der Waals surface area contributed by atoms with Crippen LogP contribution in [0.25, 0.3) is 10.9 Å². The lowest BCUT2D eigenvalue weighted by Crippen LogP contribution is -2.29. The zero-order chi connectivity index (χ0) is 15.9. The number of amides is 1. The Morgan fingerprint density at radius 1 is 1.27 bits per heavy atom. The molecule has 116 valence electrons. The molecule has 0 unspecified atom stereocenters. The van der Waals surface area contributed by atoms with Gasteiger partial charge in [-0.1, -0.05) is 32.0 Å². The fourth-order valence-corrected chi connectivity index (χ4v) is 3.36. The lowest BCUT2D eigenvalue weighted by Gasteiger charge is -2.05. The molecule has 0 spiro atoms. The summed E-state index contributed by atoms with van der Waals surface area (Å²) < 4.78 is 0. The molecule has 0 radical (unpaired) electrons. The monoisotopic (exact) mass is 300 g/mol. The van der Waals surface area contributed by atoms with E-state index < -0.39 is 23.2 Å². The first-order valence-electron chi connectivity index (χ1n) is 7.48. The van der Waals surface area contributed by atoms with Crippen molar-refractivity contribution in [1.29, 1.82) is 0 Å². The molecule has 3 rings (SSSR count). The van der Waals surface area contributed by atoms with Gasteiger partial charge in [0.25, 0.3) is 0 Å². The Hall–Kier alpha value is -2.30. The normalized spacial score (nSPS) is 22.5. The number of carbonyl (C=O) groups is 2. The van der Waals surface area contributed by atoms with Gasteiger partial charge < -0.3 is 15.4 Å². The molecule has 1 fully saturated rings. The highest BCUT2D eigenvalue weighted by molar-refractivity contribution is 5.91. The van der Waals surface area contributed by atoms with Gasteiger partial charge in [-0.05, 0) is 23.5 Å². The van der Waals surface area contributed by atoms with Crippen LogP contribution in [0.15, 0.2) is 30.5 Å². The first-order valence-corrected chi connectivity index (χ1v) is 7.48. The SMILES string of the molecule is CC1(C)[C@H](C(=O)O)[C@@H]1C(=O)NCCc1c[nH]c2ccccc12. The lowest BCUT2D eigenvalue weighted by molar-refractivity contribution is -0.140. The fourth-order valence-electron chi connectivity index (χ4n) is 3.36. The number of carboxylic acid groups (broad SMARTS) is 1. The molecule has 2 atom stereocenters. The van der Waals surface area contributed by atoms with Crippen LogP contribution in [0, 0.1) is 17.3 Å². The van der Waals surface area contributed by atoms with E-state index in [4.69, 9.17) is 5.11 Å². The van der Waals surface area contributed by atoms with Crippen molar-refractivity contribution < 1.29 is 14.7 Å². The van der Waals surface area contributed by atoms with E-state index in [1.807, 2.05) is 44.3 Å². The summed E-state index contributed by atoms with van der Waals surface area (Å²) in [5.41, 5.74) is 1.79. The highest BCUT2D eigenvalue weighted by Crippen LogP contribution is 2.58. The van der Waals surface area contributed by atoms with Crippen molar-refractivity contribution in [3.8, 4) is 0 Å². The van der Waals surface area contributed by atoms with Gasteiger partial charge in [0.1, 0.15) is 0 Å². The van der Waals surface area contributed by atoms with Gasteiger partial charge in [-0.3, -0.25) is 9.59 Å². The molecule has 1 aromatic heterocycles. The second-order valence-electron chi connectivity index (χ2n) is 6.52. The molecule has 0 bridgehead atoms. The highest BCUT2D eigenvalue weighted by atomic mass is 16.4. The van der Waals surface area contributed by atoms with E-state index in [1.54, 1.807) is 0 Å². The molecule has 0 aliphatic heterocycles. The molecule has 1 heterocycles. The molecule has 5 heteroatoms. The number of hydrogen-bond acceptors (Lipinski definition) is 2. The highest BCUT2D eigenvalue weighted by Gasteiger charge is 2.65. The van der Waals surface area contributed by atoms with Crippen LogP contribution in [0.2, 0.25) is 0 Å². The van der Waals surface area contributed by atoms with Crippen molar-refractivity contribution in [3.63, 3.8) is 0 Å². The first kappa shape index (κ1) is 14.6. The van der Waals surface area contributed by atoms with E-state index in [9.17, 15) is 9.59 Å². The van der Waals surface area contributed by atoms with Crippen LogP contribution in [-0.4, -0.2) is 28.5 Å². The minimum Gasteiger partial charge on any atom is -0.481 e. The quantitative estimate of drug-likeness (QED) is 0.791. The Morgan fingerprint density at radius 2 is 2.00 bits per heavy atom. The molecule has 1 aliphatic rings. The number of carbonyl (C=O) groups excluding carboxylic acids is 1. The topological polar surface area (TPSA) is 82.2 Å². The number of H-pyrrole nitrogens is 1. The third kappa shape index (κ3) is 2.36. The van der Waals surface area contributed by atoms with Crippen molar-refractivity contribution in [2.45, 2.75) is 20.3 Å². The number of benzene rings is 1. The number of hydrogen-bond donors (Lipinski definition) is 3. The zero-order valence-corrected chi connectivity index (χ0v) is 12.7. The smallest absolute Gasteiger partial charge is 0.307 e. The lowest BCUT2D eigenvalue weighted by atomic mass is 10.1. The number of nitrogens with one attached hydrogen (secondary N) is 2. The minimum atomic E-state index is -0.887. The van der Waals surface area contributed by atoms with Gasteiger partial charge >= 0.3 is 5.97 Å². The average molecular weight is 300 g/mol. The number of aliphatic carboxylic acids is 1. The van der Waals surface area contributed by atoms with Gasteiger partial charge in [0, 0.05) is 23.6 Å². The molecule has 3 N–H and O–H groups in total. The second-order valence-corrected chi connectivity index (χ2v) is 6.52. The van der Waals surface area contributed by atoms with E-state index in [0.29, 0.717) is 6.54 Å². The fraction of sp³-hybridized carbons (Fsp3) is 0.412. The van der Waals surface area contributed by atoms with Crippen molar-refractivity contribution in [2.24, 2.45) is 17.3 Å². The van der Waals surface area contributed by atoms with Crippen LogP contribution in [0.4, 0.5) is 0 Å². The standard InChI is InChI=1S/C17H20N2O3/c1-17(2)13(14(17)16(21)22)15(20)18-8-7-10-9-19-12-6-4-3-5-11(10)12/h3-6,9,13-14,19H,7-8H2,1-2H3,(H,18,20)(H,21,22)/t13-,14+/m1/s1. The van der Waals surface area contributed by atoms with Gasteiger partial charge in [-0.15, -0.1) is 0 Å². The molecule has 5 nitrogen and oxygen atoms in total. The van der Waals surface area contributed by atoms with Crippen LogP contribution < -0.4 is 5.32 Å². The van der Waals surface area contributed by atoms with Crippen molar-refractivity contribution >= 4 is 22.8 Å². The number of carboxylic acids is 1. The van der Waals surface area contributed by atoms with Crippen LogP contribution >= 0.6 is 0 Å². The van der Waals surface area contributed by atoms with Gasteiger partial charge in [0.05, 0.1) is 11.8 Å². The summed E-state index contributed by atoms with van der Waals surface area (Å²) in [4.78, 5) is 26.5. The third-order valence-corrected chi connectivity index (χ3v) is 4.74. The summed E-state index contributed by atoms with van der Waals surface area (Å²) in [5.74, 6) is -2.03. The summed E-state index contributed by atoms with van der Waals surface area (Å²) in [7, 11) is 0. The van der Waals surface area contributed by atoms with Crippen LogP contribution in [0.5, 0.6) is 0 Å². The second kappa shape index (κ2) is 5.16. The predicted octanol–water partition coefficient (Wildman–Crippen LogP) is 2.18. The Bertz CT molecular complexity index is 732. The van der Waals surface area contributed by atoms with Crippen molar-refractivity contribution in [1.82, 2.24) is 10.3 Å². The Morgan fingerprint density at radius 3 is 2.68 bits per heavy atom. The van der Waals surface area contributed by atoms with Gasteiger partial charge in [-0.25, -0.2) is 0 Å². The Balaban J connectivity index is 1.58. The summed E-state index contributed by atoms with van der Waals surface area (Å²) in [6, 6.07) is 8.03. The number of aromatic amines is 1. The van der Waals surface area contributed by atoms with E-state index >= 15 is 0 Å². The maximum atomic E-state index is 12.1. The van der Waals surface area contributed by atoms with E-state index in [-0.39, 0.29) is 5.91 Å². The number of fused-ring (bicyclic) bond motifs is 1. The van der Waals surface area contributed by atoms with Gasteiger partial charge in [0.15, 0.2) is 0 Å². The minimum absolute atomic E-state index is 0.155. The summed E-state index contributed by atoms with van der Waals surface area (Å²) in [6.45, 7) is 4.17. The van der Waals surface area contributed by atoms with Crippen LogP contribution in [0.1, 0.15) is 19.4 Å². The van der Waals surface area contributed by atoms with Crippen molar-refractivity contribution in [2.75, 3.05) is 6.54 Å². The molecular formula is C17H20N2O3. The predicted molar refractivity (Wildman–Crippen MR) is 83.4 cm³/mol. The zero-order valence-electron chi connectivity index (χ0n) is 12.7. The third-order valence-electron chi connectivity index (χ3n) is 4.74. The summed E-state index contributed by atoms with van der Waals surface area (Å²) >= 11 is 0. The summed E-state index contributed by atoms with van der Waals surface area (Å²) in [6.07, 6.45) is 2.68. The van der Waals surface area contributed by atoms with Gasteiger partial charge in [0.2, 0.25) is 5.91 Å². The average Bonchev–Trinajstić information content (AvgIpc) is 2.86. The molecule has 1 aromatic carbocycles. The molecule has 1 amide bonds. The number of rotatable bonds is 5. The molecule has 22 heavy (non-hydrogen) atoms. The largest absolute Gasteiger partial charge is 0.481 e. The number of aromatic nitrogens is 1. The van der Waals surface area contributed by atoms with Crippen LogP contribution in [0.3, 0.4) is 0 Å². The molecule has 0 saturated heterocycles. The Labute approximate surface area is 128 Å². The summed E-state index contributed by atoms with van der Waals surface area (Å²) in [5, 5.41) is 13.1. The molecule has 1 saturated carbocycles. The maximum absolute atomic E-state index is 12.1. The van der Waals surface area contributed by atoms with Crippen molar-refractivity contribution in [3.05, 3.63) is 36.0 Å². The molecule has 1 aliphatic carbocycles. The van der Waals surface area contributed by atoms with E-state index in [2.05, 4.69) is 10.3 Å². The van der Waals surface area contributed by atoms with Gasteiger partial charge in [-0.2, -0.15) is 0 Å². The first-order chi connectivity index (χ1) is 10.4. The Kier molecular flexibility index (Phi) is 3.43. The van der Waals surface area contributed by atoms with E-state index in [1.165, 1.54) is 0 Å². The number of para-hydroxylation sites is 1. The molecule has 2 aromatic rings. The van der Waals surface area contributed by atoms with Crippen LogP contribution in [-0.2, 0) is 16.0 Å².